The number of hydrogen-bond donors (Lipinski definition) is 2. The van der Waals surface area contributed by atoms with Crippen molar-refractivity contribution in [3.8, 4) is 0 Å². The van der Waals surface area contributed by atoms with Crippen LogP contribution in [0.25, 0.3) is 0 Å². The standard InChI is InChI=1S/C10H12FNO3/c1-2-10(14,15-9(12)13)7-3-5-8(11)6-4-7/h3-6,14H,2H2,1H3,(H2,12,13)/t10-/m0/s1. The summed E-state index contributed by atoms with van der Waals surface area (Å²) in [4.78, 5) is 10.6. The van der Waals surface area contributed by atoms with Crippen molar-refractivity contribution in [3.63, 3.8) is 0 Å². The van der Waals surface area contributed by atoms with Gasteiger partial charge in [0.2, 0.25) is 5.79 Å². The summed E-state index contributed by atoms with van der Waals surface area (Å²) in [5.41, 5.74) is 5.11. The maximum Gasteiger partial charge on any atom is 0.407 e. The first kappa shape index (κ1) is 11.5. The molecule has 0 bridgehead atoms. The van der Waals surface area contributed by atoms with E-state index < -0.39 is 17.7 Å². The van der Waals surface area contributed by atoms with Gasteiger partial charge in [-0.3, -0.25) is 0 Å². The highest BCUT2D eigenvalue weighted by atomic mass is 19.1. The van der Waals surface area contributed by atoms with Crippen molar-refractivity contribution in [2.24, 2.45) is 5.73 Å². The van der Waals surface area contributed by atoms with Gasteiger partial charge in [0.1, 0.15) is 5.82 Å². The highest BCUT2D eigenvalue weighted by molar-refractivity contribution is 5.65. The molecule has 0 aromatic heterocycles. The number of nitrogens with two attached hydrogens (primary N) is 1. The highest BCUT2D eigenvalue weighted by Gasteiger charge is 2.31. The van der Waals surface area contributed by atoms with Crippen molar-refractivity contribution < 1.29 is 19.0 Å². The molecule has 1 rings (SSSR count). The molecule has 0 spiro atoms. The Morgan fingerprint density at radius 1 is 1.53 bits per heavy atom. The number of ether oxygens (including phenoxy) is 1. The average molecular weight is 213 g/mol. The monoisotopic (exact) mass is 213 g/mol. The van der Waals surface area contributed by atoms with Crippen LogP contribution in [0.1, 0.15) is 18.9 Å². The molecule has 4 nitrogen and oxygen atoms in total. The van der Waals surface area contributed by atoms with Gasteiger partial charge in [0.15, 0.2) is 0 Å². The number of rotatable bonds is 3. The zero-order chi connectivity index (χ0) is 11.5. The van der Waals surface area contributed by atoms with Crippen LogP contribution >= 0.6 is 0 Å². The quantitative estimate of drug-likeness (QED) is 0.747. The van der Waals surface area contributed by atoms with Crippen molar-refractivity contribution in [2.45, 2.75) is 19.1 Å². The number of amides is 1. The Hall–Kier alpha value is -1.62. The average Bonchev–Trinajstić information content (AvgIpc) is 2.17. The lowest BCUT2D eigenvalue weighted by molar-refractivity contribution is -0.170. The molecule has 0 saturated carbocycles. The van der Waals surface area contributed by atoms with E-state index in [0.717, 1.165) is 0 Å². The third kappa shape index (κ3) is 2.66. The molecular formula is C10H12FNO3. The fraction of sp³-hybridized carbons (Fsp3) is 0.300. The van der Waals surface area contributed by atoms with Crippen LogP contribution in [-0.4, -0.2) is 11.2 Å². The van der Waals surface area contributed by atoms with Crippen molar-refractivity contribution in [2.75, 3.05) is 0 Å². The molecule has 1 aromatic rings. The second-order valence-electron chi connectivity index (χ2n) is 3.07. The zero-order valence-corrected chi connectivity index (χ0v) is 8.24. The van der Waals surface area contributed by atoms with E-state index in [4.69, 9.17) is 5.73 Å². The second-order valence-corrected chi connectivity index (χ2v) is 3.07. The molecule has 15 heavy (non-hydrogen) atoms. The van der Waals surface area contributed by atoms with Crippen molar-refractivity contribution in [1.82, 2.24) is 0 Å². The summed E-state index contributed by atoms with van der Waals surface area (Å²) < 4.78 is 17.2. The molecule has 3 N–H and O–H groups in total. The molecule has 0 radical (unpaired) electrons. The van der Waals surface area contributed by atoms with E-state index in [-0.39, 0.29) is 12.0 Å². The van der Waals surface area contributed by atoms with Gasteiger partial charge in [-0.25, -0.2) is 9.18 Å². The summed E-state index contributed by atoms with van der Waals surface area (Å²) >= 11 is 0. The predicted octanol–water partition coefficient (Wildman–Crippen LogP) is 1.48. The molecule has 1 amide bonds. The molecule has 1 aromatic carbocycles. The lowest BCUT2D eigenvalue weighted by atomic mass is 10.0. The fourth-order valence-corrected chi connectivity index (χ4v) is 1.21. The molecule has 0 saturated heterocycles. The number of benzene rings is 1. The molecule has 0 fully saturated rings. The van der Waals surface area contributed by atoms with Crippen LogP contribution in [-0.2, 0) is 10.5 Å². The Labute approximate surface area is 86.5 Å². The molecule has 0 aliphatic carbocycles. The van der Waals surface area contributed by atoms with E-state index in [1.165, 1.54) is 24.3 Å². The Bertz CT molecular complexity index is 352. The van der Waals surface area contributed by atoms with Gasteiger partial charge >= 0.3 is 6.09 Å². The van der Waals surface area contributed by atoms with Gasteiger partial charge in [-0.15, -0.1) is 0 Å². The van der Waals surface area contributed by atoms with Crippen molar-refractivity contribution in [1.29, 1.82) is 0 Å². The fourth-order valence-electron chi connectivity index (χ4n) is 1.21. The molecule has 0 aliphatic rings. The minimum atomic E-state index is -1.79. The third-order valence-corrected chi connectivity index (χ3v) is 2.04. The summed E-state index contributed by atoms with van der Waals surface area (Å²) in [6.07, 6.45) is -0.953. The van der Waals surface area contributed by atoms with Crippen LogP contribution in [0.4, 0.5) is 9.18 Å². The summed E-state index contributed by atoms with van der Waals surface area (Å²) in [6, 6.07) is 5.00. The number of primary amides is 1. The molecule has 0 heterocycles. The summed E-state index contributed by atoms with van der Waals surface area (Å²) in [6.45, 7) is 1.62. The van der Waals surface area contributed by atoms with E-state index in [1.54, 1.807) is 6.92 Å². The topological polar surface area (TPSA) is 72.6 Å². The van der Waals surface area contributed by atoms with Crippen LogP contribution in [0.15, 0.2) is 24.3 Å². The predicted molar refractivity (Wildman–Crippen MR) is 51.3 cm³/mol. The maximum absolute atomic E-state index is 12.6. The van der Waals surface area contributed by atoms with E-state index in [0.29, 0.717) is 0 Å². The van der Waals surface area contributed by atoms with Crippen molar-refractivity contribution in [3.05, 3.63) is 35.6 Å². The molecule has 5 heteroatoms. The second kappa shape index (κ2) is 4.27. The first-order chi connectivity index (χ1) is 6.98. The molecular weight excluding hydrogens is 201 g/mol. The number of hydrogen-bond acceptors (Lipinski definition) is 3. The maximum atomic E-state index is 12.6. The van der Waals surface area contributed by atoms with Crippen LogP contribution in [0.3, 0.4) is 0 Å². The number of halogens is 1. The zero-order valence-electron chi connectivity index (χ0n) is 8.24. The molecule has 82 valence electrons. The van der Waals surface area contributed by atoms with Gasteiger partial charge in [0, 0.05) is 12.0 Å². The summed E-state index contributed by atoms with van der Waals surface area (Å²) in [5.74, 6) is -2.23. The van der Waals surface area contributed by atoms with Crippen LogP contribution in [0.2, 0.25) is 0 Å². The number of aliphatic hydroxyl groups is 1. The van der Waals surface area contributed by atoms with Gasteiger partial charge in [-0.1, -0.05) is 6.92 Å². The SMILES string of the molecule is CC[C@](O)(OC(N)=O)c1ccc(F)cc1. The van der Waals surface area contributed by atoms with Gasteiger partial charge in [0.05, 0.1) is 0 Å². The molecule has 0 unspecified atom stereocenters. The lowest BCUT2D eigenvalue weighted by Gasteiger charge is -2.25. The van der Waals surface area contributed by atoms with E-state index in [1.807, 2.05) is 0 Å². The minimum absolute atomic E-state index is 0.127. The van der Waals surface area contributed by atoms with Gasteiger partial charge < -0.3 is 15.6 Å². The van der Waals surface area contributed by atoms with Crippen LogP contribution < -0.4 is 5.73 Å². The van der Waals surface area contributed by atoms with E-state index in [2.05, 4.69) is 4.74 Å². The number of carbonyl (C=O) groups is 1. The van der Waals surface area contributed by atoms with E-state index in [9.17, 15) is 14.3 Å². The normalized spacial score (nSPS) is 14.3. The Balaban J connectivity index is 3.00. The van der Waals surface area contributed by atoms with Gasteiger partial charge in [-0.05, 0) is 24.3 Å². The first-order valence-corrected chi connectivity index (χ1v) is 4.45. The van der Waals surface area contributed by atoms with Gasteiger partial charge in [-0.2, -0.15) is 0 Å². The van der Waals surface area contributed by atoms with Crippen LogP contribution in [0.5, 0.6) is 0 Å². The smallest absolute Gasteiger partial charge is 0.407 e. The molecule has 0 aliphatic heterocycles. The third-order valence-electron chi connectivity index (χ3n) is 2.04. The Kier molecular flexibility index (Phi) is 3.26. The summed E-state index contributed by atoms with van der Waals surface area (Å²) in [7, 11) is 0. The summed E-state index contributed by atoms with van der Waals surface area (Å²) in [5, 5.41) is 9.91. The molecule has 1 atom stereocenters. The number of carbonyl (C=O) groups excluding carboxylic acids is 1. The van der Waals surface area contributed by atoms with E-state index >= 15 is 0 Å². The first-order valence-electron chi connectivity index (χ1n) is 4.45. The lowest BCUT2D eigenvalue weighted by Crippen LogP contribution is -2.33. The van der Waals surface area contributed by atoms with Crippen molar-refractivity contribution >= 4 is 6.09 Å². The minimum Gasteiger partial charge on any atom is -0.413 e. The van der Waals surface area contributed by atoms with Gasteiger partial charge in [0.25, 0.3) is 0 Å². The largest absolute Gasteiger partial charge is 0.413 e. The Morgan fingerprint density at radius 2 is 2.07 bits per heavy atom. The van der Waals surface area contributed by atoms with Crippen LogP contribution in [0, 0.1) is 5.82 Å². The highest BCUT2D eigenvalue weighted by Crippen LogP contribution is 2.26. The Morgan fingerprint density at radius 3 is 2.47 bits per heavy atom.